The van der Waals surface area contributed by atoms with Crippen LogP contribution in [0.15, 0.2) is 17.7 Å². The van der Waals surface area contributed by atoms with Crippen LogP contribution in [0.2, 0.25) is 0 Å². The largest absolute Gasteiger partial charge is 0.459 e. The maximum atomic E-state index is 11.5. The molecule has 0 aliphatic heterocycles. The first-order chi connectivity index (χ1) is 8.43. The first-order valence-electron chi connectivity index (χ1n) is 5.01. The summed E-state index contributed by atoms with van der Waals surface area (Å²) in [4.78, 5) is 21.9. The van der Waals surface area contributed by atoms with Crippen LogP contribution in [0.4, 0.5) is 5.00 Å². The Bertz CT molecular complexity index is 539. The van der Waals surface area contributed by atoms with Crippen molar-refractivity contribution in [3.63, 3.8) is 0 Å². The van der Waals surface area contributed by atoms with Gasteiger partial charge < -0.3 is 4.74 Å². The second-order valence-corrected chi connectivity index (χ2v) is 4.65. The Morgan fingerprint density at radius 3 is 2.72 bits per heavy atom. The summed E-state index contributed by atoms with van der Waals surface area (Å²) >= 11 is 0.887. The van der Waals surface area contributed by atoms with E-state index in [1.165, 1.54) is 18.2 Å². The van der Waals surface area contributed by atoms with Crippen LogP contribution in [0.25, 0.3) is 6.08 Å². The Hall–Kier alpha value is -2.20. The van der Waals surface area contributed by atoms with Gasteiger partial charge in [0.25, 0.3) is 0 Å². The number of nitro groups is 1. The van der Waals surface area contributed by atoms with Crippen molar-refractivity contribution in [2.75, 3.05) is 0 Å². The fourth-order valence-electron chi connectivity index (χ4n) is 1.07. The standard InChI is InChI=1S/C11H10N2O4S/c1-7(2)17-11(14)8(6-12)5-9-3-4-10(18-9)13(15)16/h3-5,7H,1-2H3. The summed E-state index contributed by atoms with van der Waals surface area (Å²) in [7, 11) is 0. The molecule has 7 heteroatoms. The Morgan fingerprint density at radius 2 is 2.28 bits per heavy atom. The number of carbonyl (C=O) groups excluding carboxylic acids is 1. The van der Waals surface area contributed by atoms with Crippen LogP contribution in [0.3, 0.4) is 0 Å². The van der Waals surface area contributed by atoms with Gasteiger partial charge in [0.05, 0.1) is 11.0 Å². The third-order valence-electron chi connectivity index (χ3n) is 1.76. The van der Waals surface area contributed by atoms with Crippen molar-refractivity contribution in [3.8, 4) is 6.07 Å². The molecule has 0 aliphatic carbocycles. The van der Waals surface area contributed by atoms with Gasteiger partial charge in [0.2, 0.25) is 0 Å². The zero-order chi connectivity index (χ0) is 13.7. The highest BCUT2D eigenvalue weighted by atomic mass is 32.1. The number of hydrogen-bond acceptors (Lipinski definition) is 6. The molecule has 0 N–H and O–H groups in total. The molecule has 18 heavy (non-hydrogen) atoms. The van der Waals surface area contributed by atoms with Gasteiger partial charge >= 0.3 is 11.0 Å². The van der Waals surface area contributed by atoms with E-state index in [0.29, 0.717) is 4.88 Å². The minimum absolute atomic E-state index is 0.0456. The van der Waals surface area contributed by atoms with E-state index in [1.54, 1.807) is 19.9 Å². The minimum atomic E-state index is -0.733. The average Bonchev–Trinajstić information content (AvgIpc) is 2.73. The normalized spacial score (nSPS) is 11.1. The number of carbonyl (C=O) groups is 1. The molecular weight excluding hydrogens is 256 g/mol. The number of nitriles is 1. The molecule has 0 saturated carbocycles. The predicted molar refractivity (Wildman–Crippen MR) is 65.8 cm³/mol. The van der Waals surface area contributed by atoms with Gasteiger partial charge in [-0.15, -0.1) is 0 Å². The van der Waals surface area contributed by atoms with E-state index in [4.69, 9.17) is 10.00 Å². The summed E-state index contributed by atoms with van der Waals surface area (Å²) in [5.74, 6) is -0.733. The molecule has 0 unspecified atom stereocenters. The van der Waals surface area contributed by atoms with Gasteiger partial charge in [-0.05, 0) is 26.0 Å². The van der Waals surface area contributed by atoms with Gasteiger partial charge in [0.15, 0.2) is 0 Å². The lowest BCUT2D eigenvalue weighted by molar-refractivity contribution is -0.380. The lowest BCUT2D eigenvalue weighted by Gasteiger charge is -2.05. The maximum absolute atomic E-state index is 11.5. The smallest absolute Gasteiger partial charge is 0.349 e. The first-order valence-corrected chi connectivity index (χ1v) is 5.82. The lowest BCUT2D eigenvalue weighted by Crippen LogP contribution is -2.12. The Labute approximate surface area is 107 Å². The molecule has 6 nitrogen and oxygen atoms in total. The second-order valence-electron chi connectivity index (χ2n) is 3.56. The van der Waals surface area contributed by atoms with Gasteiger partial charge in [0.1, 0.15) is 11.6 Å². The van der Waals surface area contributed by atoms with Crippen molar-refractivity contribution in [1.29, 1.82) is 5.26 Å². The predicted octanol–water partition coefficient (Wildman–Crippen LogP) is 2.51. The third kappa shape index (κ3) is 3.68. The minimum Gasteiger partial charge on any atom is -0.459 e. The maximum Gasteiger partial charge on any atom is 0.349 e. The van der Waals surface area contributed by atoms with Crippen molar-refractivity contribution in [3.05, 3.63) is 32.7 Å². The molecule has 1 aromatic rings. The van der Waals surface area contributed by atoms with Crippen molar-refractivity contribution in [2.24, 2.45) is 0 Å². The van der Waals surface area contributed by atoms with E-state index in [-0.39, 0.29) is 16.7 Å². The molecule has 0 amide bonds. The van der Waals surface area contributed by atoms with E-state index in [1.807, 2.05) is 0 Å². The van der Waals surface area contributed by atoms with Crippen LogP contribution >= 0.6 is 11.3 Å². The average molecular weight is 266 g/mol. The van der Waals surface area contributed by atoms with Gasteiger partial charge in [-0.25, -0.2) is 4.79 Å². The summed E-state index contributed by atoms with van der Waals surface area (Å²) in [6, 6.07) is 4.51. The van der Waals surface area contributed by atoms with E-state index in [0.717, 1.165) is 11.3 Å². The van der Waals surface area contributed by atoms with Gasteiger partial charge in [-0.1, -0.05) is 11.3 Å². The van der Waals surface area contributed by atoms with E-state index in [9.17, 15) is 14.9 Å². The molecule has 1 heterocycles. The molecule has 1 rings (SSSR count). The quantitative estimate of drug-likeness (QED) is 0.274. The molecule has 0 spiro atoms. The lowest BCUT2D eigenvalue weighted by atomic mass is 10.2. The summed E-state index contributed by atoms with van der Waals surface area (Å²) in [6.07, 6.45) is 0.953. The van der Waals surface area contributed by atoms with Gasteiger partial charge in [-0.3, -0.25) is 10.1 Å². The molecule has 94 valence electrons. The highest BCUT2D eigenvalue weighted by Crippen LogP contribution is 2.25. The molecule has 1 aromatic heterocycles. The number of ether oxygens (including phenoxy) is 1. The summed E-state index contributed by atoms with van der Waals surface area (Å²) in [5, 5.41) is 19.3. The fraction of sp³-hybridized carbons (Fsp3) is 0.273. The number of hydrogen-bond donors (Lipinski definition) is 0. The second kappa shape index (κ2) is 5.93. The molecule has 0 radical (unpaired) electrons. The number of esters is 1. The molecule has 0 saturated heterocycles. The Kier molecular flexibility index (Phi) is 4.57. The van der Waals surface area contributed by atoms with E-state index in [2.05, 4.69) is 0 Å². The van der Waals surface area contributed by atoms with Crippen LogP contribution < -0.4 is 0 Å². The van der Waals surface area contributed by atoms with E-state index < -0.39 is 10.9 Å². The number of thiophene rings is 1. The summed E-state index contributed by atoms with van der Waals surface area (Å²) < 4.78 is 4.87. The summed E-state index contributed by atoms with van der Waals surface area (Å²) in [6.45, 7) is 3.34. The molecule has 0 bridgehead atoms. The highest BCUT2D eigenvalue weighted by molar-refractivity contribution is 7.16. The zero-order valence-electron chi connectivity index (χ0n) is 9.75. The van der Waals surface area contributed by atoms with Gasteiger partial charge in [-0.2, -0.15) is 5.26 Å². The van der Waals surface area contributed by atoms with Crippen molar-refractivity contribution >= 4 is 28.4 Å². The molecular formula is C11H10N2O4S. The molecule has 0 aliphatic rings. The van der Waals surface area contributed by atoms with E-state index >= 15 is 0 Å². The highest BCUT2D eigenvalue weighted by Gasteiger charge is 2.14. The van der Waals surface area contributed by atoms with Crippen LogP contribution in [0.1, 0.15) is 18.7 Å². The number of rotatable bonds is 4. The topological polar surface area (TPSA) is 93.2 Å². The first kappa shape index (κ1) is 13.9. The third-order valence-corrected chi connectivity index (χ3v) is 2.75. The van der Waals surface area contributed by atoms with Gasteiger partial charge in [0, 0.05) is 10.9 Å². The van der Waals surface area contributed by atoms with Crippen molar-refractivity contribution in [2.45, 2.75) is 20.0 Å². The zero-order valence-corrected chi connectivity index (χ0v) is 10.6. The SMILES string of the molecule is CC(C)OC(=O)C(C#N)=Cc1ccc([N+](=O)[O-])s1. The fourth-order valence-corrected chi connectivity index (χ4v) is 1.84. The molecule has 0 atom stereocenters. The van der Waals surface area contributed by atoms with Crippen LogP contribution in [-0.2, 0) is 9.53 Å². The molecule has 0 aromatic carbocycles. The Balaban J connectivity index is 2.94. The monoisotopic (exact) mass is 266 g/mol. The van der Waals surface area contributed by atoms with Crippen LogP contribution in [0, 0.1) is 21.4 Å². The van der Waals surface area contributed by atoms with Crippen molar-refractivity contribution < 1.29 is 14.5 Å². The Morgan fingerprint density at radius 1 is 1.61 bits per heavy atom. The summed E-state index contributed by atoms with van der Waals surface area (Å²) in [5.41, 5.74) is -0.180. The van der Waals surface area contributed by atoms with Crippen molar-refractivity contribution in [1.82, 2.24) is 0 Å². The number of nitrogens with zero attached hydrogens (tertiary/aromatic N) is 2. The van der Waals surface area contributed by atoms with Crippen LogP contribution in [0.5, 0.6) is 0 Å². The molecule has 0 fully saturated rings. The van der Waals surface area contributed by atoms with Crippen LogP contribution in [-0.4, -0.2) is 17.0 Å².